The maximum atomic E-state index is 9.32. The number of aromatic nitrogens is 4. The number of nitrogens with two attached hydrogens (primary N) is 1. The van der Waals surface area contributed by atoms with Gasteiger partial charge in [0.2, 0.25) is 5.89 Å². The Morgan fingerprint density at radius 1 is 1.13 bits per heavy atom. The zero-order valence-corrected chi connectivity index (χ0v) is 16.2. The van der Waals surface area contributed by atoms with Gasteiger partial charge >= 0.3 is 0 Å². The van der Waals surface area contributed by atoms with Crippen LogP contribution in [0, 0.1) is 18.3 Å². The molecule has 0 aliphatic rings. The maximum absolute atomic E-state index is 9.32. The van der Waals surface area contributed by atoms with Crippen molar-refractivity contribution >= 4 is 0 Å². The van der Waals surface area contributed by atoms with Gasteiger partial charge < -0.3 is 14.9 Å². The molecule has 0 saturated carbocycles. The van der Waals surface area contributed by atoms with Crippen molar-refractivity contribution in [2.24, 2.45) is 5.73 Å². The first-order valence-electron chi connectivity index (χ1n) is 9.28. The summed E-state index contributed by atoms with van der Waals surface area (Å²) >= 11 is 0. The van der Waals surface area contributed by atoms with Crippen LogP contribution in [0.1, 0.15) is 16.8 Å². The number of hydrogen-bond acceptors (Lipinski definition) is 8. The first-order valence-corrected chi connectivity index (χ1v) is 9.28. The fourth-order valence-electron chi connectivity index (χ4n) is 2.93. The lowest BCUT2D eigenvalue weighted by Gasteiger charge is -2.12. The van der Waals surface area contributed by atoms with Crippen molar-refractivity contribution in [2.75, 3.05) is 6.54 Å². The third-order valence-electron chi connectivity index (χ3n) is 4.30. The summed E-state index contributed by atoms with van der Waals surface area (Å²) in [6.45, 7) is 2.38. The van der Waals surface area contributed by atoms with Crippen molar-refractivity contribution < 1.29 is 9.15 Å². The summed E-state index contributed by atoms with van der Waals surface area (Å²) in [5.74, 6) is 1.89. The van der Waals surface area contributed by atoms with Crippen molar-refractivity contribution in [3.63, 3.8) is 0 Å². The zero-order chi connectivity index (χ0) is 20.9. The molecule has 8 nitrogen and oxygen atoms in total. The van der Waals surface area contributed by atoms with Gasteiger partial charge in [-0.3, -0.25) is 0 Å². The molecule has 2 N–H and O–H groups in total. The highest BCUT2D eigenvalue weighted by molar-refractivity contribution is 5.67. The van der Waals surface area contributed by atoms with Gasteiger partial charge in [0.15, 0.2) is 5.82 Å². The van der Waals surface area contributed by atoms with E-state index in [1.165, 1.54) is 6.26 Å². The van der Waals surface area contributed by atoms with Gasteiger partial charge in [0.05, 0.1) is 23.4 Å². The maximum Gasteiger partial charge on any atom is 0.245 e. The predicted octanol–water partition coefficient (Wildman–Crippen LogP) is 3.67. The van der Waals surface area contributed by atoms with E-state index >= 15 is 0 Å². The lowest BCUT2D eigenvalue weighted by molar-refractivity contribution is 0.482. The first kappa shape index (κ1) is 19.2. The molecule has 148 valence electrons. The van der Waals surface area contributed by atoms with Gasteiger partial charge in [-0.2, -0.15) is 5.26 Å². The third kappa shape index (κ3) is 4.16. The van der Waals surface area contributed by atoms with Crippen LogP contribution in [0.5, 0.6) is 11.5 Å². The molecule has 0 spiro atoms. The summed E-state index contributed by atoms with van der Waals surface area (Å²) in [6, 6.07) is 10.8. The molecule has 0 saturated heterocycles. The van der Waals surface area contributed by atoms with E-state index in [2.05, 4.69) is 26.0 Å². The number of aryl methyl sites for hydroxylation is 1. The van der Waals surface area contributed by atoms with Crippen LogP contribution in [0.4, 0.5) is 0 Å². The minimum atomic E-state index is 0.397. The number of rotatable bonds is 6. The van der Waals surface area contributed by atoms with Crippen molar-refractivity contribution in [3.8, 4) is 40.5 Å². The molecular weight excluding hydrogens is 380 g/mol. The van der Waals surface area contributed by atoms with E-state index in [4.69, 9.17) is 14.9 Å². The fraction of sp³-hybridized carbons (Fsp3) is 0.136. The Labute approximate surface area is 173 Å². The van der Waals surface area contributed by atoms with Crippen LogP contribution in [0.2, 0.25) is 0 Å². The monoisotopic (exact) mass is 398 g/mol. The molecule has 0 aliphatic heterocycles. The molecule has 4 aromatic rings. The average molecular weight is 398 g/mol. The number of nitriles is 1. The molecule has 30 heavy (non-hydrogen) atoms. The second kappa shape index (κ2) is 8.51. The molecule has 1 aromatic carbocycles. The number of nitrogens with zero attached hydrogens (tertiary/aromatic N) is 5. The molecule has 0 radical (unpaired) electrons. The summed E-state index contributed by atoms with van der Waals surface area (Å²) in [6.07, 6.45) is 7.24. The van der Waals surface area contributed by atoms with Gasteiger partial charge in [-0.15, -0.1) is 0 Å². The number of oxazole rings is 1. The first-order chi connectivity index (χ1) is 14.7. The minimum Gasteiger partial charge on any atom is -0.456 e. The largest absolute Gasteiger partial charge is 0.456 e. The van der Waals surface area contributed by atoms with Crippen LogP contribution in [0.25, 0.3) is 23.0 Å². The van der Waals surface area contributed by atoms with Crippen molar-refractivity contribution in [1.82, 2.24) is 19.9 Å². The van der Waals surface area contributed by atoms with Gasteiger partial charge in [-0.1, -0.05) is 0 Å². The molecule has 0 aliphatic carbocycles. The Kier molecular flexibility index (Phi) is 5.46. The van der Waals surface area contributed by atoms with Gasteiger partial charge in [0, 0.05) is 30.2 Å². The minimum absolute atomic E-state index is 0.397. The number of pyridine rings is 1. The van der Waals surface area contributed by atoms with Crippen LogP contribution in [0.15, 0.2) is 59.6 Å². The Balaban J connectivity index is 1.73. The number of ether oxygens (including phenoxy) is 1. The Morgan fingerprint density at radius 3 is 2.67 bits per heavy atom. The highest BCUT2D eigenvalue weighted by Gasteiger charge is 2.14. The van der Waals surface area contributed by atoms with Crippen molar-refractivity contribution in [2.45, 2.75) is 13.3 Å². The van der Waals surface area contributed by atoms with E-state index in [0.29, 0.717) is 53.0 Å². The Bertz CT molecular complexity index is 1200. The van der Waals surface area contributed by atoms with Crippen LogP contribution in [0.3, 0.4) is 0 Å². The number of hydrogen-bond donors (Lipinski definition) is 1. The molecule has 0 bridgehead atoms. The molecule has 0 fully saturated rings. The Hall–Kier alpha value is -4.09. The molecule has 4 rings (SSSR count). The van der Waals surface area contributed by atoms with Crippen LogP contribution >= 0.6 is 0 Å². The highest BCUT2D eigenvalue weighted by Crippen LogP contribution is 2.34. The van der Waals surface area contributed by atoms with Crippen LogP contribution in [-0.4, -0.2) is 26.5 Å². The lowest BCUT2D eigenvalue weighted by atomic mass is 10.1. The van der Waals surface area contributed by atoms with E-state index < -0.39 is 0 Å². The van der Waals surface area contributed by atoms with E-state index in [1.807, 2.05) is 6.92 Å². The molecule has 0 unspecified atom stereocenters. The smallest absolute Gasteiger partial charge is 0.245 e. The predicted molar refractivity (Wildman–Crippen MR) is 109 cm³/mol. The van der Waals surface area contributed by atoms with Crippen LogP contribution in [-0.2, 0) is 6.42 Å². The van der Waals surface area contributed by atoms with Gasteiger partial charge in [0.1, 0.15) is 23.5 Å². The summed E-state index contributed by atoms with van der Waals surface area (Å²) in [7, 11) is 0. The van der Waals surface area contributed by atoms with Gasteiger partial charge in [0.25, 0.3) is 0 Å². The standard InChI is InChI=1S/C22H18N6O2/c1-14-8-17(10-19(28-14)22-25-6-7-29-22)30-20-9-15(11-24)2-3-18(20)21-26-12-16(4-5-23)13-27-21/h2-3,6-10,12-13H,4-5,23H2,1H3. The summed E-state index contributed by atoms with van der Waals surface area (Å²) in [5, 5.41) is 9.32. The SMILES string of the molecule is Cc1cc(Oc2cc(C#N)ccc2-c2ncc(CCN)cn2)cc(-c2ncco2)n1. The van der Waals surface area contributed by atoms with E-state index in [9.17, 15) is 5.26 Å². The van der Waals surface area contributed by atoms with E-state index in [-0.39, 0.29) is 0 Å². The highest BCUT2D eigenvalue weighted by atomic mass is 16.5. The topological polar surface area (TPSA) is 124 Å². The second-order valence-corrected chi connectivity index (χ2v) is 6.55. The number of benzene rings is 1. The molecule has 0 amide bonds. The normalized spacial score (nSPS) is 10.6. The Morgan fingerprint density at radius 2 is 1.97 bits per heavy atom. The van der Waals surface area contributed by atoms with Crippen LogP contribution < -0.4 is 10.5 Å². The zero-order valence-electron chi connectivity index (χ0n) is 16.2. The van der Waals surface area contributed by atoms with E-state index in [0.717, 1.165) is 11.3 Å². The van der Waals surface area contributed by atoms with Crippen molar-refractivity contribution in [1.29, 1.82) is 5.26 Å². The summed E-state index contributed by atoms with van der Waals surface area (Å²) in [4.78, 5) is 17.4. The van der Waals surface area contributed by atoms with Gasteiger partial charge in [-0.05, 0) is 43.7 Å². The summed E-state index contributed by atoms with van der Waals surface area (Å²) in [5.41, 5.74) is 8.97. The van der Waals surface area contributed by atoms with Gasteiger partial charge in [-0.25, -0.2) is 19.9 Å². The summed E-state index contributed by atoms with van der Waals surface area (Å²) < 4.78 is 11.5. The molecule has 8 heteroatoms. The molecule has 3 aromatic heterocycles. The quantitative estimate of drug-likeness (QED) is 0.522. The van der Waals surface area contributed by atoms with Crippen molar-refractivity contribution in [3.05, 3.63) is 72.0 Å². The molecular formula is C22H18N6O2. The fourth-order valence-corrected chi connectivity index (χ4v) is 2.93. The third-order valence-corrected chi connectivity index (χ3v) is 4.30. The lowest BCUT2D eigenvalue weighted by Crippen LogP contribution is -2.04. The average Bonchev–Trinajstić information content (AvgIpc) is 3.29. The second-order valence-electron chi connectivity index (χ2n) is 6.55. The molecule has 0 atom stereocenters. The van der Waals surface area contributed by atoms with E-state index in [1.54, 1.807) is 48.9 Å². The molecule has 3 heterocycles.